The second kappa shape index (κ2) is 6.26. The predicted molar refractivity (Wildman–Crippen MR) is 79.7 cm³/mol. The lowest BCUT2D eigenvalue weighted by Gasteiger charge is -2.16. The van der Waals surface area contributed by atoms with Gasteiger partial charge in [-0.1, -0.05) is 30.0 Å². The smallest absolute Gasteiger partial charge is 0.255 e. The highest BCUT2D eigenvalue weighted by molar-refractivity contribution is 7.99. The third kappa shape index (κ3) is 3.61. The van der Waals surface area contributed by atoms with Crippen LogP contribution < -0.4 is 5.32 Å². The monoisotopic (exact) mass is 276 g/mol. The quantitative estimate of drug-likeness (QED) is 0.846. The maximum Gasteiger partial charge on any atom is 0.255 e. The van der Waals surface area contributed by atoms with Crippen molar-refractivity contribution in [1.82, 2.24) is 10.3 Å². The molecular weight excluding hydrogens is 256 g/mol. The van der Waals surface area contributed by atoms with E-state index in [9.17, 15) is 0 Å². The van der Waals surface area contributed by atoms with E-state index in [0.29, 0.717) is 6.04 Å². The zero-order valence-electron chi connectivity index (χ0n) is 11.9. The Morgan fingerprint density at radius 1 is 1.26 bits per heavy atom. The minimum Gasteiger partial charge on any atom is -0.440 e. The highest BCUT2D eigenvalue weighted by atomic mass is 32.2. The maximum atomic E-state index is 5.36. The minimum absolute atomic E-state index is 0.302. The van der Waals surface area contributed by atoms with Gasteiger partial charge in [0.05, 0.1) is 5.69 Å². The first-order chi connectivity index (χ1) is 9.10. The number of hydrogen-bond acceptors (Lipinski definition) is 4. The molecule has 0 aliphatic heterocycles. The maximum absolute atomic E-state index is 5.36. The Bertz CT molecular complexity index is 551. The Hall–Kier alpha value is -1.26. The zero-order valence-corrected chi connectivity index (χ0v) is 12.7. The number of benzene rings is 1. The van der Waals surface area contributed by atoms with Crippen LogP contribution in [0.1, 0.15) is 28.4 Å². The molecular formula is C15H20N2OS. The van der Waals surface area contributed by atoms with Crippen molar-refractivity contribution in [3.05, 3.63) is 46.8 Å². The standard InChI is InChI=1S/C15H20N2OS/c1-10-5-6-13(7-11(10)2)14(16-4)9-19-15-17-12(3)8-18-15/h5-8,14,16H,9H2,1-4H3. The summed E-state index contributed by atoms with van der Waals surface area (Å²) < 4.78 is 5.36. The van der Waals surface area contributed by atoms with Gasteiger partial charge in [-0.25, -0.2) is 4.98 Å². The second-order valence-electron chi connectivity index (χ2n) is 4.75. The number of oxazole rings is 1. The van der Waals surface area contributed by atoms with Crippen molar-refractivity contribution < 1.29 is 4.42 Å². The van der Waals surface area contributed by atoms with Gasteiger partial charge in [-0.15, -0.1) is 0 Å². The molecule has 1 unspecified atom stereocenters. The van der Waals surface area contributed by atoms with E-state index in [1.54, 1.807) is 18.0 Å². The molecule has 0 radical (unpaired) electrons. The molecule has 0 bridgehead atoms. The van der Waals surface area contributed by atoms with Crippen LogP contribution in [0.5, 0.6) is 0 Å². The average Bonchev–Trinajstić information content (AvgIpc) is 2.80. The molecule has 0 amide bonds. The number of nitrogens with one attached hydrogen (secondary N) is 1. The highest BCUT2D eigenvalue weighted by Crippen LogP contribution is 2.25. The average molecular weight is 276 g/mol. The van der Waals surface area contributed by atoms with Crippen LogP contribution in [0.15, 0.2) is 34.1 Å². The van der Waals surface area contributed by atoms with Crippen molar-refractivity contribution >= 4 is 11.8 Å². The van der Waals surface area contributed by atoms with Crippen molar-refractivity contribution in [1.29, 1.82) is 0 Å². The minimum atomic E-state index is 0.302. The van der Waals surface area contributed by atoms with E-state index in [1.807, 2.05) is 14.0 Å². The summed E-state index contributed by atoms with van der Waals surface area (Å²) >= 11 is 1.64. The summed E-state index contributed by atoms with van der Waals surface area (Å²) in [7, 11) is 1.99. The molecule has 1 heterocycles. The lowest BCUT2D eigenvalue weighted by Crippen LogP contribution is -2.18. The van der Waals surface area contributed by atoms with Crippen LogP contribution in [0.3, 0.4) is 0 Å². The Labute approximate surface area is 118 Å². The molecule has 4 heteroatoms. The molecule has 2 rings (SSSR count). The largest absolute Gasteiger partial charge is 0.440 e. The van der Waals surface area contributed by atoms with Crippen molar-refractivity contribution in [2.24, 2.45) is 0 Å². The fourth-order valence-electron chi connectivity index (χ4n) is 1.88. The molecule has 0 fully saturated rings. The molecule has 1 atom stereocenters. The third-order valence-electron chi connectivity index (χ3n) is 3.25. The number of rotatable bonds is 5. The van der Waals surface area contributed by atoms with Gasteiger partial charge in [-0.3, -0.25) is 0 Å². The fraction of sp³-hybridized carbons (Fsp3) is 0.400. The lowest BCUT2D eigenvalue weighted by molar-refractivity contribution is 0.453. The van der Waals surface area contributed by atoms with Gasteiger partial charge in [0.25, 0.3) is 5.22 Å². The fourth-order valence-corrected chi connectivity index (χ4v) is 2.87. The molecule has 1 aromatic heterocycles. The van der Waals surface area contributed by atoms with E-state index in [2.05, 4.69) is 42.3 Å². The third-order valence-corrected chi connectivity index (χ3v) is 4.19. The van der Waals surface area contributed by atoms with E-state index in [4.69, 9.17) is 4.42 Å². The van der Waals surface area contributed by atoms with Gasteiger partial charge in [0.15, 0.2) is 0 Å². The summed E-state index contributed by atoms with van der Waals surface area (Å²) in [5.41, 5.74) is 4.89. The molecule has 0 aliphatic carbocycles. The molecule has 3 nitrogen and oxygen atoms in total. The lowest BCUT2D eigenvalue weighted by atomic mass is 10.0. The van der Waals surface area contributed by atoms with Gasteiger partial charge < -0.3 is 9.73 Å². The molecule has 19 heavy (non-hydrogen) atoms. The van der Waals surface area contributed by atoms with Crippen LogP contribution in [0.25, 0.3) is 0 Å². The van der Waals surface area contributed by atoms with Gasteiger partial charge in [0, 0.05) is 11.8 Å². The van der Waals surface area contributed by atoms with Gasteiger partial charge in [0.2, 0.25) is 0 Å². The number of hydrogen-bond donors (Lipinski definition) is 1. The van der Waals surface area contributed by atoms with Gasteiger partial charge in [-0.2, -0.15) is 0 Å². The van der Waals surface area contributed by atoms with Crippen LogP contribution >= 0.6 is 11.8 Å². The number of thioether (sulfide) groups is 1. The summed E-state index contributed by atoms with van der Waals surface area (Å²) in [6.45, 7) is 6.22. The molecule has 0 saturated heterocycles. The van der Waals surface area contributed by atoms with Gasteiger partial charge >= 0.3 is 0 Å². The highest BCUT2D eigenvalue weighted by Gasteiger charge is 2.12. The van der Waals surface area contributed by atoms with Crippen molar-refractivity contribution in [3.8, 4) is 0 Å². The van der Waals surface area contributed by atoms with Crippen molar-refractivity contribution in [3.63, 3.8) is 0 Å². The summed E-state index contributed by atoms with van der Waals surface area (Å²) in [5, 5.41) is 4.09. The van der Waals surface area contributed by atoms with Crippen LogP contribution in [0.2, 0.25) is 0 Å². The van der Waals surface area contributed by atoms with Crippen molar-refractivity contribution in [2.45, 2.75) is 32.0 Å². The van der Waals surface area contributed by atoms with E-state index >= 15 is 0 Å². The molecule has 1 aromatic carbocycles. The first kappa shape index (κ1) is 14.2. The van der Waals surface area contributed by atoms with Gasteiger partial charge in [-0.05, 0) is 44.5 Å². The Morgan fingerprint density at radius 3 is 2.63 bits per heavy atom. The normalized spacial score (nSPS) is 12.6. The molecule has 1 N–H and O–H groups in total. The Balaban J connectivity index is 2.05. The van der Waals surface area contributed by atoms with E-state index < -0.39 is 0 Å². The Morgan fingerprint density at radius 2 is 2.05 bits per heavy atom. The topological polar surface area (TPSA) is 38.1 Å². The molecule has 2 aromatic rings. The first-order valence-electron chi connectivity index (χ1n) is 6.39. The van der Waals surface area contributed by atoms with Crippen LogP contribution in [-0.2, 0) is 0 Å². The summed E-state index contributed by atoms with van der Waals surface area (Å²) in [5.74, 6) is 0.902. The first-order valence-corrected chi connectivity index (χ1v) is 7.38. The van der Waals surface area contributed by atoms with Crippen LogP contribution in [-0.4, -0.2) is 17.8 Å². The Kier molecular flexibility index (Phi) is 4.66. The zero-order chi connectivity index (χ0) is 13.8. The molecule has 0 aliphatic rings. The summed E-state index contributed by atoms with van der Waals surface area (Å²) in [6, 6.07) is 6.91. The predicted octanol–water partition coefficient (Wildman–Crippen LogP) is 3.65. The van der Waals surface area contributed by atoms with Crippen molar-refractivity contribution in [2.75, 3.05) is 12.8 Å². The SMILES string of the molecule is CNC(CSc1nc(C)co1)c1ccc(C)c(C)c1. The van der Waals surface area contributed by atoms with Crippen LogP contribution in [0.4, 0.5) is 0 Å². The second-order valence-corrected chi connectivity index (χ2v) is 5.72. The summed E-state index contributed by atoms with van der Waals surface area (Å²) in [4.78, 5) is 4.31. The van der Waals surface area contributed by atoms with E-state index in [0.717, 1.165) is 16.7 Å². The van der Waals surface area contributed by atoms with Crippen LogP contribution in [0, 0.1) is 20.8 Å². The molecule has 0 spiro atoms. The summed E-state index contributed by atoms with van der Waals surface area (Å²) in [6.07, 6.45) is 1.69. The number of aryl methyl sites for hydroxylation is 3. The van der Waals surface area contributed by atoms with E-state index in [-0.39, 0.29) is 0 Å². The number of nitrogens with zero attached hydrogens (tertiary/aromatic N) is 1. The van der Waals surface area contributed by atoms with E-state index in [1.165, 1.54) is 16.7 Å². The molecule has 0 saturated carbocycles. The van der Waals surface area contributed by atoms with Gasteiger partial charge in [0.1, 0.15) is 6.26 Å². The molecule has 102 valence electrons. The number of aromatic nitrogens is 1.